The van der Waals surface area contributed by atoms with Crippen molar-refractivity contribution in [2.24, 2.45) is 10.9 Å². The highest BCUT2D eigenvalue weighted by Gasteiger charge is 2.24. The molecule has 0 radical (unpaired) electrons. The summed E-state index contributed by atoms with van der Waals surface area (Å²) in [6.07, 6.45) is 1.15. The molecule has 0 aromatic heterocycles. The van der Waals surface area contributed by atoms with Gasteiger partial charge in [-0.05, 0) is 37.2 Å². The fourth-order valence-corrected chi connectivity index (χ4v) is 3.80. The number of nitrogens with zero attached hydrogens (tertiary/aromatic N) is 3. The van der Waals surface area contributed by atoms with Crippen LogP contribution in [-0.4, -0.2) is 56.6 Å². The number of nitrogens with one attached hydrogen (secondary N) is 1. The molecule has 0 amide bonds. The molecule has 1 saturated heterocycles. The summed E-state index contributed by atoms with van der Waals surface area (Å²) in [4.78, 5) is 9.04. The van der Waals surface area contributed by atoms with Crippen LogP contribution in [0.4, 0.5) is 0 Å². The van der Waals surface area contributed by atoms with Crippen LogP contribution < -0.4 is 5.32 Å². The zero-order valence-electron chi connectivity index (χ0n) is 18.0. The normalized spacial score (nSPS) is 17.2. The highest BCUT2D eigenvalue weighted by atomic mass is 16.5. The molecule has 156 valence electrons. The molecule has 29 heavy (non-hydrogen) atoms. The number of hydrogen-bond donors (Lipinski definition) is 1. The molecule has 5 nitrogen and oxygen atoms in total. The van der Waals surface area contributed by atoms with Gasteiger partial charge in [-0.3, -0.25) is 4.99 Å². The molecule has 2 aromatic carbocycles. The molecule has 1 heterocycles. The van der Waals surface area contributed by atoms with Crippen LogP contribution in [0.2, 0.25) is 0 Å². The maximum atomic E-state index is 5.95. The molecule has 1 aliphatic heterocycles. The number of hydrogen-bond acceptors (Lipinski definition) is 3. The van der Waals surface area contributed by atoms with Crippen LogP contribution in [-0.2, 0) is 24.4 Å². The topological polar surface area (TPSA) is 40.1 Å². The Labute approximate surface area is 175 Å². The van der Waals surface area contributed by atoms with E-state index in [9.17, 15) is 0 Å². The van der Waals surface area contributed by atoms with Crippen molar-refractivity contribution in [1.29, 1.82) is 0 Å². The van der Waals surface area contributed by atoms with Gasteiger partial charge in [-0.1, -0.05) is 54.6 Å². The minimum Gasteiger partial charge on any atom is -0.376 e. The SMILES string of the molecule is CN=C(NCc1cccc(CN(C)C)c1)N1CCC(COCc2ccccc2)C1. The van der Waals surface area contributed by atoms with Crippen LogP contribution in [0.3, 0.4) is 0 Å². The van der Waals surface area contributed by atoms with Gasteiger partial charge in [0, 0.05) is 39.1 Å². The van der Waals surface area contributed by atoms with Gasteiger partial charge in [0.15, 0.2) is 5.96 Å². The van der Waals surface area contributed by atoms with Gasteiger partial charge < -0.3 is 19.9 Å². The van der Waals surface area contributed by atoms with Crippen LogP contribution in [0.15, 0.2) is 59.6 Å². The van der Waals surface area contributed by atoms with Crippen LogP contribution in [0.1, 0.15) is 23.1 Å². The van der Waals surface area contributed by atoms with E-state index >= 15 is 0 Å². The number of ether oxygens (including phenoxy) is 1. The fraction of sp³-hybridized carbons (Fsp3) is 0.458. The van der Waals surface area contributed by atoms with Gasteiger partial charge in [-0.25, -0.2) is 0 Å². The van der Waals surface area contributed by atoms with E-state index in [4.69, 9.17) is 4.74 Å². The summed E-state index contributed by atoms with van der Waals surface area (Å²) in [6.45, 7) is 5.26. The lowest BCUT2D eigenvalue weighted by atomic mass is 10.1. The van der Waals surface area contributed by atoms with Crippen molar-refractivity contribution in [2.45, 2.75) is 26.1 Å². The Morgan fingerprint density at radius 3 is 2.62 bits per heavy atom. The largest absolute Gasteiger partial charge is 0.376 e. The van der Waals surface area contributed by atoms with E-state index in [1.807, 2.05) is 13.1 Å². The summed E-state index contributed by atoms with van der Waals surface area (Å²) in [5.74, 6) is 1.54. The van der Waals surface area contributed by atoms with Crippen LogP contribution >= 0.6 is 0 Å². The van der Waals surface area contributed by atoms with E-state index in [0.717, 1.165) is 45.2 Å². The maximum absolute atomic E-state index is 5.95. The molecule has 5 heteroatoms. The molecule has 1 aliphatic rings. The highest BCUT2D eigenvalue weighted by Crippen LogP contribution is 2.17. The number of likely N-dealkylation sites (tertiary alicyclic amines) is 1. The minimum atomic E-state index is 0.556. The van der Waals surface area contributed by atoms with Crippen molar-refractivity contribution in [2.75, 3.05) is 40.8 Å². The second-order valence-electron chi connectivity index (χ2n) is 8.06. The van der Waals surface area contributed by atoms with Crippen molar-refractivity contribution >= 4 is 5.96 Å². The highest BCUT2D eigenvalue weighted by molar-refractivity contribution is 5.80. The Kier molecular flexibility index (Phi) is 8.08. The first kappa shape index (κ1) is 21.3. The van der Waals surface area contributed by atoms with Crippen molar-refractivity contribution in [1.82, 2.24) is 15.1 Å². The zero-order valence-corrected chi connectivity index (χ0v) is 18.0. The van der Waals surface area contributed by atoms with Gasteiger partial charge >= 0.3 is 0 Å². The second-order valence-corrected chi connectivity index (χ2v) is 8.06. The second kappa shape index (κ2) is 11.0. The first-order valence-electron chi connectivity index (χ1n) is 10.4. The number of aliphatic imine (C=N–C) groups is 1. The summed E-state index contributed by atoms with van der Waals surface area (Å²) >= 11 is 0. The Hall–Kier alpha value is -2.37. The lowest BCUT2D eigenvalue weighted by molar-refractivity contribution is 0.0906. The molecule has 0 bridgehead atoms. The van der Waals surface area contributed by atoms with E-state index in [2.05, 4.69) is 82.7 Å². The van der Waals surface area contributed by atoms with Gasteiger partial charge in [0.2, 0.25) is 0 Å². The lowest BCUT2D eigenvalue weighted by Crippen LogP contribution is -2.39. The molecular formula is C24H34N4O. The standard InChI is InChI=1S/C24H34N4O/c1-25-24(26-15-21-10-7-11-22(14-21)16-27(2)3)28-13-12-23(17-28)19-29-18-20-8-5-4-6-9-20/h4-11,14,23H,12-13,15-19H2,1-3H3,(H,25,26). The van der Waals surface area contributed by atoms with E-state index < -0.39 is 0 Å². The van der Waals surface area contributed by atoms with Gasteiger partial charge in [-0.15, -0.1) is 0 Å². The molecular weight excluding hydrogens is 360 g/mol. The van der Waals surface area contributed by atoms with Crippen molar-refractivity contribution in [3.8, 4) is 0 Å². The third kappa shape index (κ3) is 6.87. The Morgan fingerprint density at radius 2 is 1.86 bits per heavy atom. The molecule has 1 atom stereocenters. The Bertz CT molecular complexity index is 775. The molecule has 1 fully saturated rings. The lowest BCUT2D eigenvalue weighted by Gasteiger charge is -2.22. The van der Waals surface area contributed by atoms with E-state index in [1.54, 1.807) is 0 Å². The Balaban J connectivity index is 1.43. The first-order valence-corrected chi connectivity index (χ1v) is 10.4. The van der Waals surface area contributed by atoms with Gasteiger partial charge in [0.05, 0.1) is 13.2 Å². The molecule has 0 saturated carbocycles. The summed E-state index contributed by atoms with van der Waals surface area (Å²) in [5, 5.41) is 3.53. The number of benzene rings is 2. The molecule has 0 aliphatic carbocycles. The zero-order chi connectivity index (χ0) is 20.5. The third-order valence-electron chi connectivity index (χ3n) is 5.20. The summed E-state index contributed by atoms with van der Waals surface area (Å²) in [7, 11) is 6.06. The predicted octanol–water partition coefficient (Wildman–Crippen LogP) is 3.36. The molecule has 1 unspecified atom stereocenters. The number of guanidine groups is 1. The predicted molar refractivity (Wildman–Crippen MR) is 120 cm³/mol. The monoisotopic (exact) mass is 394 g/mol. The maximum Gasteiger partial charge on any atom is 0.193 e. The molecule has 2 aromatic rings. The Morgan fingerprint density at radius 1 is 1.10 bits per heavy atom. The van der Waals surface area contributed by atoms with Gasteiger partial charge in [0.1, 0.15) is 0 Å². The van der Waals surface area contributed by atoms with E-state index in [0.29, 0.717) is 12.5 Å². The van der Waals surface area contributed by atoms with Crippen molar-refractivity contribution in [3.63, 3.8) is 0 Å². The summed E-state index contributed by atoms with van der Waals surface area (Å²) < 4.78 is 5.95. The van der Waals surface area contributed by atoms with Gasteiger partial charge in [-0.2, -0.15) is 0 Å². The first-order chi connectivity index (χ1) is 14.1. The number of rotatable bonds is 8. The van der Waals surface area contributed by atoms with Gasteiger partial charge in [0.25, 0.3) is 0 Å². The smallest absolute Gasteiger partial charge is 0.193 e. The van der Waals surface area contributed by atoms with Crippen LogP contribution in [0.25, 0.3) is 0 Å². The summed E-state index contributed by atoms with van der Waals surface area (Å²) in [5.41, 5.74) is 3.85. The van der Waals surface area contributed by atoms with E-state index in [1.165, 1.54) is 16.7 Å². The van der Waals surface area contributed by atoms with Crippen LogP contribution in [0.5, 0.6) is 0 Å². The van der Waals surface area contributed by atoms with E-state index in [-0.39, 0.29) is 0 Å². The quantitative estimate of drug-likeness (QED) is 0.551. The summed E-state index contributed by atoms with van der Waals surface area (Å²) in [6, 6.07) is 19.1. The average Bonchev–Trinajstić information content (AvgIpc) is 3.18. The third-order valence-corrected chi connectivity index (χ3v) is 5.20. The van der Waals surface area contributed by atoms with Crippen LogP contribution in [0, 0.1) is 5.92 Å². The average molecular weight is 395 g/mol. The molecule has 0 spiro atoms. The molecule has 1 N–H and O–H groups in total. The molecule has 3 rings (SSSR count). The van der Waals surface area contributed by atoms with Crippen molar-refractivity contribution < 1.29 is 4.74 Å². The fourth-order valence-electron chi connectivity index (χ4n) is 3.80. The minimum absolute atomic E-state index is 0.556. The van der Waals surface area contributed by atoms with Crippen molar-refractivity contribution in [3.05, 3.63) is 71.3 Å².